The molecule has 0 amide bonds. The van der Waals surface area contributed by atoms with Gasteiger partial charge in [-0.15, -0.1) is 35.8 Å². The summed E-state index contributed by atoms with van der Waals surface area (Å²) in [6.45, 7) is 0. The van der Waals surface area contributed by atoms with Gasteiger partial charge in [0.15, 0.2) is 0 Å². The lowest BCUT2D eigenvalue weighted by molar-refractivity contribution is 0.477. The van der Waals surface area contributed by atoms with Crippen molar-refractivity contribution in [1.82, 2.24) is 5.32 Å². The van der Waals surface area contributed by atoms with Crippen molar-refractivity contribution in [2.45, 2.75) is 28.5 Å². The number of hydrogen-bond donors (Lipinski definition) is 1. The van der Waals surface area contributed by atoms with Crippen LogP contribution in [0.2, 0.25) is 0 Å². The SMILES string of the molecule is CSC1CCC(Cl)C(Br)N1.Cl. The number of halogens is 3. The summed E-state index contributed by atoms with van der Waals surface area (Å²) in [6, 6.07) is 0. The summed E-state index contributed by atoms with van der Waals surface area (Å²) in [7, 11) is 0. The zero-order valence-electron chi connectivity index (χ0n) is 6.22. The third-order valence-corrected chi connectivity index (χ3v) is 4.27. The predicted octanol–water partition coefficient (Wildman–Crippen LogP) is 2.81. The van der Waals surface area contributed by atoms with Gasteiger partial charge in [0.05, 0.1) is 15.7 Å². The fourth-order valence-electron chi connectivity index (χ4n) is 1.01. The lowest BCUT2D eigenvalue weighted by Crippen LogP contribution is -2.43. The first kappa shape index (κ1) is 12.4. The quantitative estimate of drug-likeness (QED) is 0.586. The van der Waals surface area contributed by atoms with Crippen LogP contribution in [0.4, 0.5) is 0 Å². The van der Waals surface area contributed by atoms with Crippen LogP contribution in [0.15, 0.2) is 0 Å². The van der Waals surface area contributed by atoms with Crippen LogP contribution in [0, 0.1) is 0 Å². The molecule has 5 heteroatoms. The number of rotatable bonds is 1. The summed E-state index contributed by atoms with van der Waals surface area (Å²) in [4.78, 5) is 0.292. The molecular formula is C6H12BrCl2NS. The molecule has 0 aromatic heterocycles. The van der Waals surface area contributed by atoms with Crippen LogP contribution in [-0.2, 0) is 0 Å². The molecular weight excluding hydrogens is 269 g/mol. The summed E-state index contributed by atoms with van der Waals surface area (Å²) in [5.74, 6) is 0. The van der Waals surface area contributed by atoms with Crippen LogP contribution in [0.25, 0.3) is 0 Å². The molecule has 0 radical (unpaired) electrons. The number of alkyl halides is 2. The number of hydrogen-bond acceptors (Lipinski definition) is 2. The number of nitrogens with one attached hydrogen (secondary N) is 1. The summed E-state index contributed by atoms with van der Waals surface area (Å²) in [6.07, 6.45) is 4.40. The Balaban J connectivity index is 0.000001000. The van der Waals surface area contributed by atoms with Gasteiger partial charge in [-0.1, -0.05) is 15.9 Å². The van der Waals surface area contributed by atoms with E-state index in [-0.39, 0.29) is 17.8 Å². The van der Waals surface area contributed by atoms with Gasteiger partial charge in [0.1, 0.15) is 0 Å². The smallest absolute Gasteiger partial charge is 0.0804 e. The van der Waals surface area contributed by atoms with Crippen LogP contribution in [0.5, 0.6) is 0 Å². The average molecular weight is 281 g/mol. The Labute approximate surface area is 91.6 Å². The molecule has 3 atom stereocenters. The zero-order chi connectivity index (χ0) is 7.56. The van der Waals surface area contributed by atoms with Crippen molar-refractivity contribution in [3.63, 3.8) is 0 Å². The molecule has 0 saturated carbocycles. The molecule has 3 unspecified atom stereocenters. The van der Waals surface area contributed by atoms with Gasteiger partial charge >= 0.3 is 0 Å². The second-order valence-corrected chi connectivity index (χ2v) is 4.97. The van der Waals surface area contributed by atoms with Crippen LogP contribution in [0.3, 0.4) is 0 Å². The summed E-state index contributed by atoms with van der Waals surface area (Å²) in [5.41, 5.74) is 0. The Kier molecular flexibility index (Phi) is 6.66. The molecule has 1 fully saturated rings. The van der Waals surface area contributed by atoms with Gasteiger partial charge in [-0.25, -0.2) is 0 Å². The van der Waals surface area contributed by atoms with Gasteiger partial charge in [-0.3, -0.25) is 5.32 Å². The topological polar surface area (TPSA) is 12.0 Å². The molecule has 11 heavy (non-hydrogen) atoms. The van der Waals surface area contributed by atoms with E-state index in [9.17, 15) is 0 Å². The molecule has 1 saturated heterocycles. The molecule has 0 bridgehead atoms. The first-order chi connectivity index (χ1) is 4.74. The van der Waals surface area contributed by atoms with Crippen molar-refractivity contribution in [2.75, 3.05) is 6.26 Å². The Bertz CT molecular complexity index is 117. The summed E-state index contributed by atoms with van der Waals surface area (Å²) in [5, 5.41) is 4.20. The standard InChI is InChI=1S/C6H11BrClNS.ClH/c1-10-5-3-2-4(8)6(7)9-5;/h4-6,9H,2-3H2,1H3;1H. The van der Waals surface area contributed by atoms with E-state index in [4.69, 9.17) is 11.6 Å². The highest BCUT2D eigenvalue weighted by Gasteiger charge is 2.25. The van der Waals surface area contributed by atoms with E-state index in [1.54, 1.807) is 0 Å². The number of thioether (sulfide) groups is 1. The van der Waals surface area contributed by atoms with Gasteiger partial charge in [-0.2, -0.15) is 0 Å². The molecule has 1 rings (SSSR count). The van der Waals surface area contributed by atoms with E-state index in [0.29, 0.717) is 10.3 Å². The predicted molar refractivity (Wildman–Crippen MR) is 59.3 cm³/mol. The minimum Gasteiger partial charge on any atom is -0.292 e. The van der Waals surface area contributed by atoms with Crippen LogP contribution < -0.4 is 5.32 Å². The second kappa shape index (κ2) is 5.92. The maximum atomic E-state index is 5.97. The molecule has 1 aliphatic heterocycles. The van der Waals surface area contributed by atoms with Crippen LogP contribution in [-0.4, -0.2) is 22.0 Å². The number of piperidine rings is 1. The van der Waals surface area contributed by atoms with E-state index in [1.807, 2.05) is 11.8 Å². The van der Waals surface area contributed by atoms with Crippen LogP contribution in [0.1, 0.15) is 12.8 Å². The Morgan fingerprint density at radius 2 is 2.18 bits per heavy atom. The average Bonchev–Trinajstić information content (AvgIpc) is 1.95. The molecule has 1 N–H and O–H groups in total. The lowest BCUT2D eigenvalue weighted by Gasteiger charge is -2.29. The fraction of sp³-hybridized carbons (Fsp3) is 1.00. The van der Waals surface area contributed by atoms with E-state index in [1.165, 1.54) is 6.42 Å². The molecule has 0 aromatic carbocycles. The van der Waals surface area contributed by atoms with Crippen molar-refractivity contribution in [3.8, 4) is 0 Å². The Hall–Kier alpha value is 1.37. The third kappa shape index (κ3) is 3.73. The van der Waals surface area contributed by atoms with Gasteiger partial charge in [0, 0.05) is 0 Å². The fourth-order valence-corrected chi connectivity index (χ4v) is 2.62. The monoisotopic (exact) mass is 279 g/mol. The highest BCUT2D eigenvalue weighted by atomic mass is 79.9. The molecule has 0 spiro atoms. The van der Waals surface area contributed by atoms with E-state index >= 15 is 0 Å². The first-order valence-corrected chi connectivity index (χ1v) is 5.95. The molecule has 68 valence electrons. The maximum absolute atomic E-state index is 5.97. The molecule has 1 heterocycles. The van der Waals surface area contributed by atoms with E-state index in [0.717, 1.165) is 6.42 Å². The summed E-state index contributed by atoms with van der Waals surface area (Å²) >= 11 is 11.3. The van der Waals surface area contributed by atoms with Crippen molar-refractivity contribution in [1.29, 1.82) is 0 Å². The Morgan fingerprint density at radius 1 is 1.55 bits per heavy atom. The minimum atomic E-state index is 0. The molecule has 0 aromatic rings. The third-order valence-electron chi connectivity index (χ3n) is 1.65. The largest absolute Gasteiger partial charge is 0.292 e. The van der Waals surface area contributed by atoms with Gasteiger partial charge in [0.2, 0.25) is 0 Å². The normalized spacial score (nSPS) is 37.9. The van der Waals surface area contributed by atoms with E-state index < -0.39 is 0 Å². The molecule has 1 aliphatic rings. The van der Waals surface area contributed by atoms with Gasteiger partial charge < -0.3 is 0 Å². The summed E-state index contributed by atoms with van der Waals surface area (Å²) < 4.78 is 0. The minimum absolute atomic E-state index is 0. The van der Waals surface area contributed by atoms with Crippen LogP contribution >= 0.6 is 51.7 Å². The Morgan fingerprint density at radius 3 is 2.64 bits per heavy atom. The van der Waals surface area contributed by atoms with Crippen molar-refractivity contribution < 1.29 is 0 Å². The first-order valence-electron chi connectivity index (χ1n) is 3.31. The molecule has 1 nitrogen and oxygen atoms in total. The highest BCUT2D eigenvalue weighted by molar-refractivity contribution is 9.09. The molecule has 0 aliphatic carbocycles. The van der Waals surface area contributed by atoms with Crippen molar-refractivity contribution in [2.24, 2.45) is 0 Å². The van der Waals surface area contributed by atoms with E-state index in [2.05, 4.69) is 27.5 Å². The lowest BCUT2D eigenvalue weighted by atomic mass is 10.2. The van der Waals surface area contributed by atoms with Gasteiger partial charge in [0.25, 0.3) is 0 Å². The van der Waals surface area contributed by atoms with Gasteiger partial charge in [-0.05, 0) is 19.1 Å². The zero-order valence-corrected chi connectivity index (χ0v) is 10.2. The van der Waals surface area contributed by atoms with Crippen molar-refractivity contribution in [3.05, 3.63) is 0 Å². The van der Waals surface area contributed by atoms with Crippen molar-refractivity contribution >= 4 is 51.7 Å². The highest BCUT2D eigenvalue weighted by Crippen LogP contribution is 2.26. The maximum Gasteiger partial charge on any atom is 0.0804 e. The second-order valence-electron chi connectivity index (χ2n) is 2.39.